The largest absolute Gasteiger partial charge is 0.486 e. The summed E-state index contributed by atoms with van der Waals surface area (Å²) in [6.07, 6.45) is -5.99. The van der Waals surface area contributed by atoms with Crippen LogP contribution in [-0.2, 0) is 27.4 Å². The quantitative estimate of drug-likeness (QED) is 0.240. The molecular weight excluding hydrogens is 592 g/mol. The average molecular weight is 616 g/mol. The third-order valence-corrected chi connectivity index (χ3v) is 9.01. The lowest BCUT2D eigenvalue weighted by molar-refractivity contribution is -0.148. The lowest BCUT2D eigenvalue weighted by Gasteiger charge is -2.38. The highest BCUT2D eigenvalue weighted by atomic mass is 32.2. The molecule has 0 saturated heterocycles. The molecular formula is C28H23F6NO6S. The van der Waals surface area contributed by atoms with Crippen LogP contribution in [0.15, 0.2) is 53.4 Å². The Morgan fingerprint density at radius 3 is 2.48 bits per heavy atom. The molecule has 0 fully saturated rings. The molecule has 1 aliphatic heterocycles. The maximum atomic E-state index is 14.9. The number of fused-ring (bicyclic) bond motifs is 4. The maximum absolute atomic E-state index is 14.9. The number of halogens is 6. The summed E-state index contributed by atoms with van der Waals surface area (Å²) in [4.78, 5) is 11.1. The zero-order valence-corrected chi connectivity index (χ0v) is 22.8. The number of nitrogens with zero attached hydrogens (tertiary/aromatic N) is 1. The summed E-state index contributed by atoms with van der Waals surface area (Å²) in [5.74, 6) is -2.47. The molecule has 5 rings (SSSR count). The third kappa shape index (κ3) is 5.35. The number of aliphatic carboxylic acids is 1. The molecule has 0 bridgehead atoms. The van der Waals surface area contributed by atoms with Crippen LogP contribution in [0.2, 0.25) is 0 Å². The van der Waals surface area contributed by atoms with E-state index in [2.05, 4.69) is 4.74 Å². The number of carboxylic acids is 1. The molecule has 14 heteroatoms. The number of hydrogen-bond acceptors (Lipinski definition) is 5. The first kappa shape index (κ1) is 29.5. The number of carboxylic acid groups (broad SMARTS) is 1. The minimum Gasteiger partial charge on any atom is -0.486 e. The number of hydrogen-bond donors (Lipinski definition) is 1. The van der Waals surface area contributed by atoms with Crippen molar-refractivity contribution in [3.8, 4) is 22.6 Å². The molecule has 3 aromatic rings. The molecule has 2 aliphatic rings. The first-order valence-electron chi connectivity index (χ1n) is 12.5. The van der Waals surface area contributed by atoms with Gasteiger partial charge in [-0.3, -0.25) is 9.10 Å². The van der Waals surface area contributed by atoms with Gasteiger partial charge >= 0.3 is 18.8 Å². The molecule has 0 saturated carbocycles. The molecule has 0 spiro atoms. The Kier molecular flexibility index (Phi) is 7.11. The van der Waals surface area contributed by atoms with E-state index in [-0.39, 0.29) is 35.4 Å². The van der Waals surface area contributed by atoms with Crippen molar-refractivity contribution in [1.82, 2.24) is 0 Å². The summed E-state index contributed by atoms with van der Waals surface area (Å²) < 4.78 is 120. The van der Waals surface area contributed by atoms with Gasteiger partial charge in [0.2, 0.25) is 0 Å². The fourth-order valence-corrected chi connectivity index (χ4v) is 6.69. The van der Waals surface area contributed by atoms with E-state index in [1.807, 2.05) is 0 Å². The first-order valence-corrected chi connectivity index (χ1v) is 14.0. The van der Waals surface area contributed by atoms with Gasteiger partial charge in [-0.25, -0.2) is 12.8 Å². The van der Waals surface area contributed by atoms with Crippen molar-refractivity contribution in [2.75, 3.05) is 10.8 Å². The average Bonchev–Trinajstić information content (AvgIpc) is 3.23. The fraction of sp³-hybridized carbons (Fsp3) is 0.321. The van der Waals surface area contributed by atoms with Crippen LogP contribution >= 0.6 is 0 Å². The van der Waals surface area contributed by atoms with Gasteiger partial charge in [-0.1, -0.05) is 6.07 Å². The number of alkyl halides is 5. The topological polar surface area (TPSA) is 93.1 Å². The van der Waals surface area contributed by atoms with Gasteiger partial charge in [-0.05, 0) is 66.9 Å². The zero-order valence-electron chi connectivity index (χ0n) is 22.0. The van der Waals surface area contributed by atoms with Crippen LogP contribution in [0.3, 0.4) is 0 Å². The molecule has 1 heterocycles. The van der Waals surface area contributed by atoms with E-state index in [4.69, 9.17) is 4.74 Å². The molecule has 1 N–H and O–H groups in total. The van der Waals surface area contributed by atoms with Crippen LogP contribution in [0.4, 0.5) is 32.0 Å². The van der Waals surface area contributed by atoms with Crippen molar-refractivity contribution in [2.45, 2.75) is 50.5 Å². The number of anilines is 1. The zero-order chi connectivity index (χ0) is 30.8. The maximum Gasteiger partial charge on any atom is 0.416 e. The second kappa shape index (κ2) is 10.1. The predicted octanol–water partition coefficient (Wildman–Crippen LogP) is 6.47. The van der Waals surface area contributed by atoms with Crippen molar-refractivity contribution in [3.63, 3.8) is 0 Å². The highest BCUT2D eigenvalue weighted by Crippen LogP contribution is 2.48. The molecule has 3 aromatic carbocycles. The number of sulfonamides is 1. The van der Waals surface area contributed by atoms with Crippen molar-refractivity contribution in [2.24, 2.45) is 5.41 Å². The molecule has 0 aromatic heterocycles. The third-order valence-electron chi connectivity index (χ3n) is 7.23. The molecule has 0 amide bonds. The van der Waals surface area contributed by atoms with Gasteiger partial charge in [0.05, 0.1) is 28.1 Å². The molecule has 1 aliphatic carbocycles. The van der Waals surface area contributed by atoms with E-state index in [1.165, 1.54) is 32.0 Å². The number of ether oxygens (including phenoxy) is 2. The van der Waals surface area contributed by atoms with Gasteiger partial charge in [-0.15, -0.1) is 0 Å². The van der Waals surface area contributed by atoms with E-state index < -0.39 is 68.9 Å². The lowest BCUT2D eigenvalue weighted by Crippen LogP contribution is -2.46. The Morgan fingerprint density at radius 1 is 1.12 bits per heavy atom. The molecule has 0 unspecified atom stereocenters. The van der Waals surface area contributed by atoms with Crippen molar-refractivity contribution in [3.05, 3.63) is 71.0 Å². The predicted molar refractivity (Wildman–Crippen MR) is 138 cm³/mol. The van der Waals surface area contributed by atoms with Gasteiger partial charge in [0.25, 0.3) is 10.0 Å². The van der Waals surface area contributed by atoms with Crippen LogP contribution in [0.5, 0.6) is 11.5 Å². The van der Waals surface area contributed by atoms with E-state index in [0.29, 0.717) is 17.2 Å². The summed E-state index contributed by atoms with van der Waals surface area (Å²) in [5, 5.41) is 9.62. The molecule has 224 valence electrons. The highest BCUT2D eigenvalue weighted by molar-refractivity contribution is 7.92. The van der Waals surface area contributed by atoms with Gasteiger partial charge in [0.15, 0.2) is 0 Å². The highest BCUT2D eigenvalue weighted by Gasteiger charge is 2.41. The Labute approximate surface area is 236 Å². The molecule has 7 nitrogen and oxygen atoms in total. The Bertz CT molecular complexity index is 1690. The summed E-state index contributed by atoms with van der Waals surface area (Å²) >= 11 is 0. The Morgan fingerprint density at radius 2 is 1.83 bits per heavy atom. The fourth-order valence-electron chi connectivity index (χ4n) is 5.14. The van der Waals surface area contributed by atoms with Crippen molar-refractivity contribution >= 4 is 21.7 Å². The van der Waals surface area contributed by atoms with E-state index >= 15 is 0 Å². The van der Waals surface area contributed by atoms with Crippen LogP contribution in [0.1, 0.15) is 37.0 Å². The minimum absolute atomic E-state index is 0.00770. The van der Waals surface area contributed by atoms with Gasteiger partial charge in [-0.2, -0.15) is 22.0 Å². The monoisotopic (exact) mass is 615 g/mol. The molecule has 0 radical (unpaired) electrons. The number of benzene rings is 3. The van der Waals surface area contributed by atoms with Crippen molar-refractivity contribution in [1.29, 1.82) is 0 Å². The van der Waals surface area contributed by atoms with E-state index in [9.17, 15) is 44.7 Å². The standard InChI is InChI=1S/C28H23F6NO6S/c1-27(2,25(36)37)12-17-13-35(42(38,39)18-5-3-4-15(8-18)28(32,33)34)23-11-19-14(7-24(23)40-17)6-21-20(19)9-16(10-22(21)29)41-26(30)31/h3-5,7-11,17,26H,6,12-13H2,1-2H3,(H,36,37)/t17-/m0/s1. The number of carbonyl (C=O) groups is 1. The minimum atomic E-state index is -4.82. The SMILES string of the molecule is CC(C)(C[C@H]1CN(S(=O)(=O)c2cccc(C(F)(F)F)c2)c2cc3c(cc2O1)Cc1c(F)cc(OC(F)F)cc1-3)C(=O)O. The van der Waals surface area contributed by atoms with Crippen LogP contribution in [-0.4, -0.2) is 38.8 Å². The normalized spacial score (nSPS) is 16.5. The summed E-state index contributed by atoms with van der Waals surface area (Å²) in [6, 6.07) is 7.95. The lowest BCUT2D eigenvalue weighted by atomic mass is 9.86. The smallest absolute Gasteiger partial charge is 0.416 e. The Balaban J connectivity index is 1.65. The van der Waals surface area contributed by atoms with Crippen molar-refractivity contribution < 1.29 is 54.1 Å². The molecule has 1 atom stereocenters. The van der Waals surface area contributed by atoms with Crippen LogP contribution in [0.25, 0.3) is 11.1 Å². The van der Waals surface area contributed by atoms with E-state index in [1.54, 1.807) is 0 Å². The van der Waals surface area contributed by atoms with Gasteiger partial charge in [0, 0.05) is 24.5 Å². The summed E-state index contributed by atoms with van der Waals surface area (Å²) in [5.41, 5.74) is -1.57. The van der Waals surface area contributed by atoms with E-state index in [0.717, 1.165) is 28.6 Å². The summed E-state index contributed by atoms with van der Waals surface area (Å²) in [7, 11) is -4.69. The summed E-state index contributed by atoms with van der Waals surface area (Å²) in [6.45, 7) is -0.834. The van der Waals surface area contributed by atoms with Gasteiger partial charge < -0.3 is 14.6 Å². The first-order chi connectivity index (χ1) is 19.5. The Hall–Kier alpha value is -3.94. The van der Waals surface area contributed by atoms with Crippen LogP contribution in [0, 0.1) is 11.2 Å². The second-order valence-corrected chi connectivity index (χ2v) is 12.5. The van der Waals surface area contributed by atoms with Crippen LogP contribution < -0.4 is 13.8 Å². The number of rotatable bonds is 7. The van der Waals surface area contributed by atoms with Gasteiger partial charge in [0.1, 0.15) is 23.4 Å². The second-order valence-electron chi connectivity index (χ2n) is 10.7. The molecule has 42 heavy (non-hydrogen) atoms.